The summed E-state index contributed by atoms with van der Waals surface area (Å²) in [5, 5.41) is 0. The van der Waals surface area contributed by atoms with Gasteiger partial charge in [0.25, 0.3) is 5.91 Å². The SMILES string of the molecule is COc1ccc2c(c1)CCC[C@H]2CC(=O)O[C@H](C(N)=O)c1ccccc1. The molecule has 1 aliphatic carbocycles. The zero-order valence-corrected chi connectivity index (χ0v) is 14.8. The molecule has 0 bridgehead atoms. The van der Waals surface area contributed by atoms with Crippen molar-refractivity contribution in [2.75, 3.05) is 7.11 Å². The van der Waals surface area contributed by atoms with Crippen LogP contribution in [0.3, 0.4) is 0 Å². The van der Waals surface area contributed by atoms with Crippen molar-refractivity contribution in [3.63, 3.8) is 0 Å². The van der Waals surface area contributed by atoms with Crippen LogP contribution in [-0.4, -0.2) is 19.0 Å². The van der Waals surface area contributed by atoms with E-state index in [1.165, 1.54) is 5.56 Å². The Kier molecular flexibility index (Phi) is 5.56. The number of carbonyl (C=O) groups is 2. The van der Waals surface area contributed by atoms with Gasteiger partial charge in [0.15, 0.2) is 0 Å². The molecule has 2 aromatic carbocycles. The maximum Gasteiger partial charge on any atom is 0.307 e. The molecule has 0 unspecified atom stereocenters. The molecule has 2 aromatic rings. The Balaban J connectivity index is 1.71. The summed E-state index contributed by atoms with van der Waals surface area (Å²) in [6.45, 7) is 0. The van der Waals surface area contributed by atoms with Crippen LogP contribution in [0.4, 0.5) is 0 Å². The number of esters is 1. The van der Waals surface area contributed by atoms with Crippen LogP contribution in [0, 0.1) is 0 Å². The highest BCUT2D eigenvalue weighted by Crippen LogP contribution is 2.36. The van der Waals surface area contributed by atoms with Crippen LogP contribution >= 0.6 is 0 Å². The summed E-state index contributed by atoms with van der Waals surface area (Å²) in [5.74, 6) is -0.170. The zero-order valence-electron chi connectivity index (χ0n) is 14.8. The molecule has 0 aromatic heterocycles. The maximum atomic E-state index is 12.5. The van der Waals surface area contributed by atoms with E-state index in [0.29, 0.717) is 5.56 Å². The lowest BCUT2D eigenvalue weighted by Gasteiger charge is -2.26. The Labute approximate surface area is 153 Å². The summed E-state index contributed by atoms with van der Waals surface area (Å²) < 4.78 is 10.7. The van der Waals surface area contributed by atoms with Gasteiger partial charge < -0.3 is 15.2 Å². The largest absolute Gasteiger partial charge is 0.497 e. The van der Waals surface area contributed by atoms with Gasteiger partial charge in [0.05, 0.1) is 13.5 Å². The van der Waals surface area contributed by atoms with Crippen molar-refractivity contribution in [2.45, 2.75) is 37.7 Å². The second-order valence-corrected chi connectivity index (χ2v) is 6.54. The van der Waals surface area contributed by atoms with E-state index >= 15 is 0 Å². The molecule has 2 N–H and O–H groups in total. The number of methoxy groups -OCH3 is 1. The Morgan fingerprint density at radius 3 is 2.65 bits per heavy atom. The molecule has 0 saturated heterocycles. The van der Waals surface area contributed by atoms with Crippen molar-refractivity contribution in [3.05, 3.63) is 65.2 Å². The molecule has 1 aliphatic rings. The van der Waals surface area contributed by atoms with Gasteiger partial charge in [-0.1, -0.05) is 36.4 Å². The van der Waals surface area contributed by atoms with Crippen LogP contribution in [-0.2, 0) is 20.7 Å². The van der Waals surface area contributed by atoms with E-state index in [4.69, 9.17) is 15.2 Å². The van der Waals surface area contributed by atoms with Crippen molar-refractivity contribution in [2.24, 2.45) is 5.73 Å². The molecule has 3 rings (SSSR count). The molecular weight excluding hydrogens is 330 g/mol. The van der Waals surface area contributed by atoms with Crippen LogP contribution in [0.1, 0.15) is 48.0 Å². The van der Waals surface area contributed by atoms with E-state index in [1.807, 2.05) is 24.3 Å². The third kappa shape index (κ3) is 4.04. The van der Waals surface area contributed by atoms with Gasteiger partial charge in [0, 0.05) is 5.56 Å². The molecular formula is C21H23NO4. The second-order valence-electron chi connectivity index (χ2n) is 6.54. The minimum atomic E-state index is -1.05. The van der Waals surface area contributed by atoms with Crippen molar-refractivity contribution >= 4 is 11.9 Å². The van der Waals surface area contributed by atoms with Crippen LogP contribution < -0.4 is 10.5 Å². The molecule has 0 spiro atoms. The molecule has 0 aliphatic heterocycles. The fourth-order valence-corrected chi connectivity index (χ4v) is 3.53. The number of amides is 1. The average Bonchev–Trinajstić information content (AvgIpc) is 2.66. The monoisotopic (exact) mass is 353 g/mol. The van der Waals surface area contributed by atoms with E-state index < -0.39 is 18.0 Å². The lowest BCUT2D eigenvalue weighted by molar-refractivity contribution is -0.155. The fourth-order valence-electron chi connectivity index (χ4n) is 3.53. The predicted molar refractivity (Wildman–Crippen MR) is 97.8 cm³/mol. The number of carbonyl (C=O) groups excluding carboxylic acids is 2. The Bertz CT molecular complexity index is 788. The van der Waals surface area contributed by atoms with Gasteiger partial charge >= 0.3 is 5.97 Å². The number of benzene rings is 2. The molecule has 5 heteroatoms. The number of hydrogen-bond donors (Lipinski definition) is 1. The third-order valence-corrected chi connectivity index (χ3v) is 4.81. The lowest BCUT2D eigenvalue weighted by Crippen LogP contribution is -2.27. The normalized spacial score (nSPS) is 17.0. The number of ether oxygens (including phenoxy) is 2. The minimum Gasteiger partial charge on any atom is -0.497 e. The Morgan fingerprint density at radius 1 is 1.19 bits per heavy atom. The van der Waals surface area contributed by atoms with Crippen molar-refractivity contribution in [1.82, 2.24) is 0 Å². The summed E-state index contributed by atoms with van der Waals surface area (Å²) in [5.41, 5.74) is 8.38. The van der Waals surface area contributed by atoms with Gasteiger partial charge in [-0.3, -0.25) is 9.59 Å². The van der Waals surface area contributed by atoms with E-state index in [2.05, 4.69) is 0 Å². The highest BCUT2D eigenvalue weighted by atomic mass is 16.5. The molecule has 0 fully saturated rings. The van der Waals surface area contributed by atoms with Gasteiger partial charge in [0.2, 0.25) is 6.10 Å². The summed E-state index contributed by atoms with van der Waals surface area (Å²) >= 11 is 0. The summed E-state index contributed by atoms with van der Waals surface area (Å²) in [6.07, 6.45) is 2.08. The molecule has 2 atom stereocenters. The number of hydrogen-bond acceptors (Lipinski definition) is 4. The second kappa shape index (κ2) is 8.04. The Morgan fingerprint density at radius 2 is 1.96 bits per heavy atom. The first kappa shape index (κ1) is 18.0. The third-order valence-electron chi connectivity index (χ3n) is 4.81. The topological polar surface area (TPSA) is 78.6 Å². The molecule has 1 amide bonds. The first-order valence-corrected chi connectivity index (χ1v) is 8.79. The number of nitrogens with two attached hydrogens (primary N) is 1. The maximum absolute atomic E-state index is 12.5. The van der Waals surface area contributed by atoms with Gasteiger partial charge in [-0.25, -0.2) is 0 Å². The van der Waals surface area contributed by atoms with Crippen LogP contribution in [0.5, 0.6) is 5.75 Å². The molecule has 26 heavy (non-hydrogen) atoms. The highest BCUT2D eigenvalue weighted by molar-refractivity contribution is 5.83. The lowest BCUT2D eigenvalue weighted by atomic mass is 9.81. The smallest absolute Gasteiger partial charge is 0.307 e. The number of aryl methyl sites for hydroxylation is 1. The van der Waals surface area contributed by atoms with Gasteiger partial charge in [0.1, 0.15) is 5.75 Å². The Hall–Kier alpha value is -2.82. The van der Waals surface area contributed by atoms with Gasteiger partial charge in [-0.2, -0.15) is 0 Å². The predicted octanol–water partition coefficient (Wildman–Crippen LogP) is 3.28. The molecule has 0 heterocycles. The van der Waals surface area contributed by atoms with E-state index in [1.54, 1.807) is 31.4 Å². The van der Waals surface area contributed by atoms with Crippen molar-refractivity contribution in [1.29, 1.82) is 0 Å². The van der Waals surface area contributed by atoms with Crippen molar-refractivity contribution < 1.29 is 19.1 Å². The van der Waals surface area contributed by atoms with Crippen LogP contribution in [0.15, 0.2) is 48.5 Å². The van der Waals surface area contributed by atoms with E-state index in [-0.39, 0.29) is 12.3 Å². The first-order valence-electron chi connectivity index (χ1n) is 8.79. The molecule has 136 valence electrons. The van der Waals surface area contributed by atoms with Crippen LogP contribution in [0.2, 0.25) is 0 Å². The molecule has 0 radical (unpaired) electrons. The number of rotatable bonds is 6. The molecule has 0 saturated carbocycles. The molecule has 5 nitrogen and oxygen atoms in total. The average molecular weight is 353 g/mol. The standard InChI is InChI=1S/C21H23NO4/c1-25-17-10-11-18-15(12-17)8-5-9-16(18)13-19(23)26-20(21(22)24)14-6-3-2-4-7-14/h2-4,6-7,10-12,16,20H,5,8-9,13H2,1H3,(H2,22,24)/t16-,20-/m0/s1. The van der Waals surface area contributed by atoms with Crippen LogP contribution in [0.25, 0.3) is 0 Å². The minimum absolute atomic E-state index is 0.0847. The fraction of sp³-hybridized carbons (Fsp3) is 0.333. The van der Waals surface area contributed by atoms with Gasteiger partial charge in [-0.05, 0) is 48.4 Å². The van der Waals surface area contributed by atoms with Gasteiger partial charge in [-0.15, -0.1) is 0 Å². The number of primary amides is 1. The number of fused-ring (bicyclic) bond motifs is 1. The highest BCUT2D eigenvalue weighted by Gasteiger charge is 2.27. The summed E-state index contributed by atoms with van der Waals surface area (Å²) in [6, 6.07) is 14.8. The zero-order chi connectivity index (χ0) is 18.5. The first-order chi connectivity index (χ1) is 12.6. The van der Waals surface area contributed by atoms with E-state index in [0.717, 1.165) is 30.6 Å². The van der Waals surface area contributed by atoms with E-state index in [9.17, 15) is 9.59 Å². The summed E-state index contributed by atoms with van der Waals surface area (Å²) in [7, 11) is 1.65. The van der Waals surface area contributed by atoms with Crippen molar-refractivity contribution in [3.8, 4) is 5.75 Å². The quantitative estimate of drug-likeness (QED) is 0.809. The summed E-state index contributed by atoms with van der Waals surface area (Å²) in [4.78, 5) is 24.2.